The van der Waals surface area contributed by atoms with Crippen LogP contribution >= 0.6 is 0 Å². The van der Waals surface area contributed by atoms with Gasteiger partial charge in [-0.05, 0) is 36.4 Å². The van der Waals surface area contributed by atoms with Crippen molar-refractivity contribution in [1.29, 1.82) is 5.26 Å². The molecule has 2 N–H and O–H groups in total. The van der Waals surface area contributed by atoms with Gasteiger partial charge in [-0.1, -0.05) is 12.1 Å². The van der Waals surface area contributed by atoms with Crippen molar-refractivity contribution in [3.63, 3.8) is 0 Å². The first-order valence-corrected chi connectivity index (χ1v) is 9.89. The number of ether oxygens (including phenoxy) is 1. The Balaban J connectivity index is 1.74. The number of anilines is 3. The molecule has 0 radical (unpaired) electrons. The number of nitrogen functional groups attached to an aromatic ring is 1. The third-order valence-corrected chi connectivity index (χ3v) is 5.07. The van der Waals surface area contributed by atoms with Crippen LogP contribution < -0.4 is 20.3 Å². The van der Waals surface area contributed by atoms with Gasteiger partial charge in [-0.3, -0.25) is 9.59 Å². The van der Waals surface area contributed by atoms with Crippen LogP contribution in [-0.4, -0.2) is 50.0 Å². The second-order valence-corrected chi connectivity index (χ2v) is 7.10. The van der Waals surface area contributed by atoms with E-state index >= 15 is 0 Å². The largest absolute Gasteiger partial charge is 0.495 e. The predicted octanol–water partition coefficient (Wildman–Crippen LogP) is 2.39. The fourth-order valence-corrected chi connectivity index (χ4v) is 3.48. The zero-order chi connectivity index (χ0) is 22.4. The van der Waals surface area contributed by atoms with Crippen LogP contribution in [0.25, 0.3) is 0 Å². The molecule has 3 rings (SSSR count). The van der Waals surface area contributed by atoms with Crippen molar-refractivity contribution in [2.75, 3.05) is 48.8 Å². The predicted molar refractivity (Wildman–Crippen MR) is 119 cm³/mol. The summed E-state index contributed by atoms with van der Waals surface area (Å²) in [7, 11) is 1.64. The molecule has 0 bridgehead atoms. The Bertz CT molecular complexity index is 1020. The van der Waals surface area contributed by atoms with Crippen molar-refractivity contribution in [2.45, 2.75) is 6.92 Å². The van der Waals surface area contributed by atoms with Gasteiger partial charge in [0.1, 0.15) is 17.4 Å². The van der Waals surface area contributed by atoms with Gasteiger partial charge in [0, 0.05) is 45.0 Å². The van der Waals surface area contributed by atoms with E-state index < -0.39 is 11.8 Å². The number of nitrogens with zero attached hydrogens (tertiary/aromatic N) is 4. The Morgan fingerprint density at radius 3 is 2.32 bits per heavy atom. The smallest absolute Gasteiger partial charge is 0.277 e. The minimum absolute atomic E-state index is 0.0993. The molecule has 0 unspecified atom stereocenters. The number of nitrogens with two attached hydrogens (primary N) is 1. The third kappa shape index (κ3) is 4.95. The molecule has 2 aromatic rings. The number of nitriles is 1. The van der Waals surface area contributed by atoms with Crippen LogP contribution in [0.5, 0.6) is 5.75 Å². The lowest BCUT2D eigenvalue weighted by molar-refractivity contribution is -0.123. The van der Waals surface area contributed by atoms with Crippen molar-refractivity contribution in [3.8, 4) is 11.8 Å². The van der Waals surface area contributed by atoms with E-state index in [9.17, 15) is 14.9 Å². The van der Waals surface area contributed by atoms with Gasteiger partial charge < -0.3 is 20.3 Å². The Labute approximate surface area is 181 Å². The summed E-state index contributed by atoms with van der Waals surface area (Å²) >= 11 is 0. The van der Waals surface area contributed by atoms with E-state index in [0.29, 0.717) is 37.6 Å². The number of amides is 2. The number of rotatable bonds is 5. The van der Waals surface area contributed by atoms with E-state index in [4.69, 9.17) is 10.5 Å². The van der Waals surface area contributed by atoms with E-state index in [1.807, 2.05) is 35.2 Å². The standard InChI is InChI=1S/C23H25N5O3/c1-17(29)28(20-9-7-19(25)8-10-20)23(30)18(15-24)16-26-11-13-27(14-12-26)21-5-3-4-6-22(21)31-2/h3-10,16H,11-14,25H2,1-2H3/b18-16-. The van der Waals surface area contributed by atoms with Gasteiger partial charge in [0.15, 0.2) is 0 Å². The fourth-order valence-electron chi connectivity index (χ4n) is 3.48. The van der Waals surface area contributed by atoms with Crippen LogP contribution in [0.1, 0.15) is 6.92 Å². The highest BCUT2D eigenvalue weighted by atomic mass is 16.5. The zero-order valence-corrected chi connectivity index (χ0v) is 17.6. The molecule has 31 heavy (non-hydrogen) atoms. The molecule has 8 nitrogen and oxygen atoms in total. The van der Waals surface area contributed by atoms with Crippen LogP contribution in [0.3, 0.4) is 0 Å². The van der Waals surface area contributed by atoms with Crippen LogP contribution in [0.15, 0.2) is 60.3 Å². The number of imide groups is 1. The number of hydrogen-bond donors (Lipinski definition) is 1. The fraction of sp³-hybridized carbons (Fsp3) is 0.261. The molecule has 1 heterocycles. The maximum absolute atomic E-state index is 13.0. The summed E-state index contributed by atoms with van der Waals surface area (Å²) in [5.41, 5.74) is 7.49. The quantitative estimate of drug-likeness (QED) is 0.451. The first-order chi connectivity index (χ1) is 14.9. The van der Waals surface area contributed by atoms with E-state index in [-0.39, 0.29) is 5.57 Å². The molecule has 1 saturated heterocycles. The van der Waals surface area contributed by atoms with Gasteiger partial charge in [0.25, 0.3) is 5.91 Å². The minimum Gasteiger partial charge on any atom is -0.495 e. The summed E-state index contributed by atoms with van der Waals surface area (Å²) < 4.78 is 5.44. The van der Waals surface area contributed by atoms with Crippen molar-refractivity contribution < 1.29 is 14.3 Å². The summed E-state index contributed by atoms with van der Waals surface area (Å²) in [6, 6.07) is 16.1. The van der Waals surface area contributed by atoms with Gasteiger partial charge in [-0.15, -0.1) is 0 Å². The van der Waals surface area contributed by atoms with Crippen LogP contribution in [0.2, 0.25) is 0 Å². The Kier molecular flexibility index (Phi) is 6.78. The number of carbonyl (C=O) groups is 2. The molecule has 0 spiro atoms. The highest BCUT2D eigenvalue weighted by Crippen LogP contribution is 2.28. The summed E-state index contributed by atoms with van der Waals surface area (Å²) in [4.78, 5) is 30.2. The highest BCUT2D eigenvalue weighted by molar-refractivity contribution is 6.21. The normalized spacial score (nSPS) is 14.0. The monoisotopic (exact) mass is 419 g/mol. The van der Waals surface area contributed by atoms with E-state index in [0.717, 1.165) is 16.3 Å². The van der Waals surface area contributed by atoms with Gasteiger partial charge >= 0.3 is 0 Å². The molecule has 0 saturated carbocycles. The van der Waals surface area contributed by atoms with Gasteiger partial charge in [0.05, 0.1) is 18.5 Å². The Hall–Kier alpha value is -3.99. The topological polar surface area (TPSA) is 103 Å². The van der Waals surface area contributed by atoms with Crippen molar-refractivity contribution >= 4 is 28.9 Å². The second-order valence-electron chi connectivity index (χ2n) is 7.10. The van der Waals surface area contributed by atoms with E-state index in [1.165, 1.54) is 13.1 Å². The number of methoxy groups -OCH3 is 1. The SMILES string of the molecule is COc1ccccc1N1CCN(/C=C(/C#N)C(=O)N(C(C)=O)c2ccc(N)cc2)CC1. The van der Waals surface area contributed by atoms with Crippen molar-refractivity contribution in [3.05, 3.63) is 60.3 Å². The van der Waals surface area contributed by atoms with Crippen LogP contribution in [-0.2, 0) is 9.59 Å². The average molecular weight is 419 g/mol. The first-order valence-electron chi connectivity index (χ1n) is 9.89. The van der Waals surface area contributed by atoms with E-state index in [1.54, 1.807) is 31.4 Å². The lowest BCUT2D eigenvalue weighted by Gasteiger charge is -2.36. The second kappa shape index (κ2) is 9.67. The van der Waals surface area contributed by atoms with Gasteiger partial charge in [0.2, 0.25) is 5.91 Å². The van der Waals surface area contributed by atoms with Crippen LogP contribution in [0, 0.1) is 11.3 Å². The molecule has 1 fully saturated rings. The van der Waals surface area contributed by atoms with E-state index in [2.05, 4.69) is 4.90 Å². The molecule has 0 aliphatic carbocycles. The summed E-state index contributed by atoms with van der Waals surface area (Å²) in [5.74, 6) is -0.330. The molecule has 1 aliphatic rings. The van der Waals surface area contributed by atoms with Gasteiger partial charge in [-0.2, -0.15) is 5.26 Å². The molecule has 1 aliphatic heterocycles. The molecule has 2 amide bonds. The number of piperazine rings is 1. The molecular weight excluding hydrogens is 394 g/mol. The first kappa shape index (κ1) is 21.7. The molecule has 160 valence electrons. The zero-order valence-electron chi connectivity index (χ0n) is 17.6. The number of para-hydroxylation sites is 2. The van der Waals surface area contributed by atoms with Crippen molar-refractivity contribution in [1.82, 2.24) is 4.90 Å². The van der Waals surface area contributed by atoms with Crippen molar-refractivity contribution in [2.24, 2.45) is 0 Å². The molecule has 2 aromatic carbocycles. The highest BCUT2D eigenvalue weighted by Gasteiger charge is 2.25. The lowest BCUT2D eigenvalue weighted by Crippen LogP contribution is -2.45. The third-order valence-electron chi connectivity index (χ3n) is 5.07. The van der Waals surface area contributed by atoms with Gasteiger partial charge in [-0.25, -0.2) is 4.90 Å². The number of hydrogen-bond acceptors (Lipinski definition) is 7. The number of benzene rings is 2. The van der Waals surface area contributed by atoms with Crippen LogP contribution in [0.4, 0.5) is 17.1 Å². The molecular formula is C23H25N5O3. The maximum atomic E-state index is 13.0. The molecule has 0 atom stereocenters. The Morgan fingerprint density at radius 1 is 1.10 bits per heavy atom. The lowest BCUT2D eigenvalue weighted by atomic mass is 10.2. The summed E-state index contributed by atoms with van der Waals surface area (Å²) in [5, 5.41) is 9.60. The maximum Gasteiger partial charge on any atom is 0.277 e. The molecule has 0 aromatic heterocycles. The Morgan fingerprint density at radius 2 is 1.74 bits per heavy atom. The number of carbonyl (C=O) groups excluding carboxylic acids is 2. The average Bonchev–Trinajstić information content (AvgIpc) is 2.79. The molecule has 8 heteroatoms. The summed E-state index contributed by atoms with van der Waals surface area (Å²) in [6.07, 6.45) is 1.54. The summed E-state index contributed by atoms with van der Waals surface area (Å²) in [6.45, 7) is 3.95. The minimum atomic E-state index is -0.660.